The van der Waals surface area contributed by atoms with Crippen molar-refractivity contribution in [2.24, 2.45) is 5.92 Å². The molecule has 1 saturated heterocycles. The normalized spacial score (nSPS) is 24.5. The average molecular weight is 155 g/mol. The van der Waals surface area contributed by atoms with E-state index in [9.17, 15) is 4.79 Å². The summed E-state index contributed by atoms with van der Waals surface area (Å²) in [7, 11) is 0. The van der Waals surface area contributed by atoms with Crippen molar-refractivity contribution in [1.82, 2.24) is 5.32 Å². The van der Waals surface area contributed by atoms with Gasteiger partial charge < -0.3 is 10.4 Å². The molecule has 0 radical (unpaired) electrons. The number of piperidine rings is 1. The summed E-state index contributed by atoms with van der Waals surface area (Å²) in [5.41, 5.74) is 0.345. The van der Waals surface area contributed by atoms with Gasteiger partial charge in [-0.1, -0.05) is 6.58 Å². The van der Waals surface area contributed by atoms with E-state index in [1.165, 1.54) is 0 Å². The van der Waals surface area contributed by atoms with Gasteiger partial charge in [0.2, 0.25) is 0 Å². The summed E-state index contributed by atoms with van der Waals surface area (Å²) >= 11 is 0. The molecule has 0 aromatic carbocycles. The predicted molar refractivity (Wildman–Crippen MR) is 42.4 cm³/mol. The Kier molecular flexibility index (Phi) is 2.65. The van der Waals surface area contributed by atoms with Gasteiger partial charge in [0.1, 0.15) is 0 Å². The van der Waals surface area contributed by atoms with Crippen LogP contribution in [0.4, 0.5) is 0 Å². The van der Waals surface area contributed by atoms with E-state index in [2.05, 4.69) is 11.9 Å². The Balaban J connectivity index is 2.45. The summed E-state index contributed by atoms with van der Waals surface area (Å²) in [5.74, 6) is -0.722. The van der Waals surface area contributed by atoms with Crippen molar-refractivity contribution in [3.63, 3.8) is 0 Å². The number of carboxylic acids is 1. The molecule has 0 aromatic rings. The summed E-state index contributed by atoms with van der Waals surface area (Å²) in [6, 6.07) is 0. The van der Waals surface area contributed by atoms with E-state index in [0.717, 1.165) is 25.9 Å². The largest absolute Gasteiger partial charge is 0.478 e. The lowest BCUT2D eigenvalue weighted by molar-refractivity contribution is -0.133. The van der Waals surface area contributed by atoms with Crippen LogP contribution in [0.2, 0.25) is 0 Å². The first-order valence-corrected chi connectivity index (χ1v) is 3.84. The summed E-state index contributed by atoms with van der Waals surface area (Å²) in [6.07, 6.45) is 2.01. The van der Waals surface area contributed by atoms with Gasteiger partial charge in [-0.15, -0.1) is 0 Å². The lowest BCUT2D eigenvalue weighted by Crippen LogP contribution is -2.32. The van der Waals surface area contributed by atoms with Crippen molar-refractivity contribution in [3.8, 4) is 0 Å². The zero-order valence-electron chi connectivity index (χ0n) is 6.47. The summed E-state index contributed by atoms with van der Waals surface area (Å²) < 4.78 is 0. The number of carboxylic acid groups (broad SMARTS) is 1. The van der Waals surface area contributed by atoms with Gasteiger partial charge in [0.15, 0.2) is 0 Å². The highest BCUT2D eigenvalue weighted by molar-refractivity contribution is 5.86. The number of hydrogen-bond donors (Lipinski definition) is 2. The molecular weight excluding hydrogens is 142 g/mol. The van der Waals surface area contributed by atoms with Crippen LogP contribution < -0.4 is 5.32 Å². The van der Waals surface area contributed by atoms with Crippen molar-refractivity contribution in [2.75, 3.05) is 13.1 Å². The van der Waals surface area contributed by atoms with Crippen LogP contribution in [-0.2, 0) is 4.79 Å². The minimum Gasteiger partial charge on any atom is -0.478 e. The van der Waals surface area contributed by atoms with E-state index in [4.69, 9.17) is 5.11 Å². The number of hydrogen-bond acceptors (Lipinski definition) is 2. The van der Waals surface area contributed by atoms with Crippen molar-refractivity contribution >= 4 is 5.97 Å². The van der Waals surface area contributed by atoms with E-state index in [0.29, 0.717) is 5.57 Å². The highest BCUT2D eigenvalue weighted by Crippen LogP contribution is 2.17. The van der Waals surface area contributed by atoms with Crippen LogP contribution in [0.3, 0.4) is 0 Å². The Hall–Kier alpha value is -0.830. The van der Waals surface area contributed by atoms with Crippen LogP contribution in [0.1, 0.15) is 12.8 Å². The molecule has 3 nitrogen and oxygen atoms in total. The maximum Gasteiger partial charge on any atom is 0.331 e. The maximum absolute atomic E-state index is 10.5. The second-order valence-electron chi connectivity index (χ2n) is 2.87. The van der Waals surface area contributed by atoms with Gasteiger partial charge in [-0.25, -0.2) is 4.79 Å². The molecule has 0 amide bonds. The average Bonchev–Trinajstić information content (AvgIpc) is 2.05. The fraction of sp³-hybridized carbons (Fsp3) is 0.625. The Bertz CT molecular complexity index is 171. The lowest BCUT2D eigenvalue weighted by Gasteiger charge is -2.22. The van der Waals surface area contributed by atoms with Crippen LogP contribution in [-0.4, -0.2) is 24.2 Å². The van der Waals surface area contributed by atoms with Gasteiger partial charge in [-0.3, -0.25) is 0 Å². The van der Waals surface area contributed by atoms with Crippen LogP contribution >= 0.6 is 0 Å². The highest BCUT2D eigenvalue weighted by Gasteiger charge is 2.19. The van der Waals surface area contributed by atoms with Crippen LogP contribution in [0, 0.1) is 5.92 Å². The monoisotopic (exact) mass is 155 g/mol. The third kappa shape index (κ3) is 2.05. The molecule has 1 heterocycles. The molecule has 62 valence electrons. The van der Waals surface area contributed by atoms with Crippen LogP contribution in [0.25, 0.3) is 0 Å². The molecule has 2 N–H and O–H groups in total. The van der Waals surface area contributed by atoms with Crippen molar-refractivity contribution in [2.45, 2.75) is 12.8 Å². The smallest absolute Gasteiger partial charge is 0.331 e. The minimum absolute atomic E-state index is 0.140. The van der Waals surface area contributed by atoms with Gasteiger partial charge in [-0.05, 0) is 19.4 Å². The van der Waals surface area contributed by atoms with Gasteiger partial charge in [0.25, 0.3) is 0 Å². The molecule has 1 unspecified atom stereocenters. The SMILES string of the molecule is C=C(C(=O)O)C1CCCNC1. The molecule has 1 atom stereocenters. The summed E-state index contributed by atoms with van der Waals surface area (Å²) in [5, 5.41) is 11.8. The first-order valence-electron chi connectivity index (χ1n) is 3.84. The molecular formula is C8H13NO2. The zero-order valence-corrected chi connectivity index (χ0v) is 6.47. The van der Waals surface area contributed by atoms with Gasteiger partial charge >= 0.3 is 5.97 Å². The number of carbonyl (C=O) groups is 1. The fourth-order valence-electron chi connectivity index (χ4n) is 1.32. The number of rotatable bonds is 2. The molecule has 1 aliphatic rings. The molecule has 3 heteroatoms. The maximum atomic E-state index is 10.5. The first-order chi connectivity index (χ1) is 5.22. The standard InChI is InChI=1S/C8H13NO2/c1-6(8(10)11)7-3-2-4-9-5-7/h7,9H,1-5H2,(H,10,11). The molecule has 0 aliphatic carbocycles. The van der Waals surface area contributed by atoms with Crippen LogP contribution in [0.15, 0.2) is 12.2 Å². The molecule has 1 rings (SSSR count). The van der Waals surface area contributed by atoms with Crippen molar-refractivity contribution in [3.05, 3.63) is 12.2 Å². The third-order valence-electron chi connectivity index (χ3n) is 2.06. The van der Waals surface area contributed by atoms with Gasteiger partial charge in [0, 0.05) is 18.0 Å². The van der Waals surface area contributed by atoms with E-state index in [1.54, 1.807) is 0 Å². The topological polar surface area (TPSA) is 49.3 Å². The third-order valence-corrected chi connectivity index (χ3v) is 2.06. The van der Waals surface area contributed by atoms with E-state index in [-0.39, 0.29) is 5.92 Å². The Morgan fingerprint density at radius 1 is 1.64 bits per heavy atom. The first kappa shape index (κ1) is 8.27. The Labute approximate surface area is 66.1 Å². The molecule has 0 spiro atoms. The second kappa shape index (κ2) is 3.53. The van der Waals surface area contributed by atoms with Crippen molar-refractivity contribution in [1.29, 1.82) is 0 Å². The predicted octanol–water partition coefficient (Wildman–Crippen LogP) is 0.627. The molecule has 1 fully saturated rings. The van der Waals surface area contributed by atoms with Crippen molar-refractivity contribution < 1.29 is 9.90 Å². The number of aliphatic carboxylic acids is 1. The molecule has 0 bridgehead atoms. The number of nitrogens with one attached hydrogen (secondary N) is 1. The van der Waals surface area contributed by atoms with Gasteiger partial charge in [0.05, 0.1) is 0 Å². The van der Waals surface area contributed by atoms with E-state index < -0.39 is 5.97 Å². The zero-order chi connectivity index (χ0) is 8.27. The Morgan fingerprint density at radius 2 is 2.36 bits per heavy atom. The molecule has 0 aromatic heterocycles. The summed E-state index contributed by atoms with van der Waals surface area (Å²) in [4.78, 5) is 10.5. The lowest BCUT2D eigenvalue weighted by atomic mass is 9.92. The van der Waals surface area contributed by atoms with E-state index in [1.807, 2.05) is 0 Å². The minimum atomic E-state index is -0.862. The molecule has 0 saturated carbocycles. The summed E-state index contributed by atoms with van der Waals surface area (Å²) in [6.45, 7) is 5.31. The second-order valence-corrected chi connectivity index (χ2v) is 2.87. The highest BCUT2D eigenvalue weighted by atomic mass is 16.4. The quantitative estimate of drug-likeness (QED) is 0.575. The Morgan fingerprint density at radius 3 is 2.82 bits per heavy atom. The van der Waals surface area contributed by atoms with Gasteiger partial charge in [-0.2, -0.15) is 0 Å². The molecule has 11 heavy (non-hydrogen) atoms. The van der Waals surface area contributed by atoms with E-state index >= 15 is 0 Å². The fourth-order valence-corrected chi connectivity index (χ4v) is 1.32. The van der Waals surface area contributed by atoms with Crippen LogP contribution in [0.5, 0.6) is 0 Å². The molecule has 1 aliphatic heterocycles.